The fourth-order valence-electron chi connectivity index (χ4n) is 3.95. The van der Waals surface area contributed by atoms with Crippen LogP contribution < -0.4 is 0 Å². The molecule has 3 rings (SSSR count). The maximum absolute atomic E-state index is 10.3. The van der Waals surface area contributed by atoms with Crippen molar-refractivity contribution in [3.05, 3.63) is 0 Å². The van der Waals surface area contributed by atoms with E-state index in [1.807, 2.05) is 0 Å². The van der Waals surface area contributed by atoms with Crippen molar-refractivity contribution in [3.63, 3.8) is 0 Å². The van der Waals surface area contributed by atoms with Crippen LogP contribution in [0.25, 0.3) is 0 Å². The Morgan fingerprint density at radius 2 is 1.03 bits per heavy atom. The number of rotatable bonds is 7. The summed E-state index contributed by atoms with van der Waals surface area (Å²) in [6.45, 7) is -2.07. The van der Waals surface area contributed by atoms with Crippen molar-refractivity contribution in [2.75, 3.05) is 19.8 Å². The van der Waals surface area contributed by atoms with Crippen molar-refractivity contribution in [2.24, 2.45) is 0 Å². The van der Waals surface area contributed by atoms with Gasteiger partial charge in [-0.2, -0.15) is 0 Å². The van der Waals surface area contributed by atoms with Crippen molar-refractivity contribution in [1.29, 1.82) is 0 Å². The van der Waals surface area contributed by atoms with E-state index in [2.05, 4.69) is 0 Å². The van der Waals surface area contributed by atoms with Crippen LogP contribution in [-0.2, 0) is 23.7 Å². The van der Waals surface area contributed by atoms with Gasteiger partial charge in [-0.25, -0.2) is 0 Å². The molecule has 0 aliphatic carbocycles. The van der Waals surface area contributed by atoms with E-state index in [1.54, 1.807) is 0 Å². The minimum Gasteiger partial charge on any atom is -0.394 e. The number of ether oxygens (including phenoxy) is 5. The van der Waals surface area contributed by atoms with Crippen LogP contribution in [0.3, 0.4) is 0 Å². The molecule has 0 aromatic rings. The summed E-state index contributed by atoms with van der Waals surface area (Å²) in [4.78, 5) is 0. The molecule has 11 N–H and O–H groups in total. The summed E-state index contributed by atoms with van der Waals surface area (Å²) in [6.07, 6.45) is -24.9. The molecule has 0 spiro atoms. The Morgan fingerprint density at radius 1 is 0.500 bits per heavy atom. The topological polar surface area (TPSA) is 269 Å². The van der Waals surface area contributed by atoms with Gasteiger partial charge in [0.25, 0.3) is 0 Å². The van der Waals surface area contributed by atoms with Crippen LogP contribution in [0.15, 0.2) is 0 Å². The highest BCUT2D eigenvalue weighted by molar-refractivity contribution is 4.94. The van der Waals surface area contributed by atoms with E-state index in [9.17, 15) is 56.2 Å². The van der Waals surface area contributed by atoms with Crippen LogP contribution in [0.2, 0.25) is 0 Å². The van der Waals surface area contributed by atoms with Gasteiger partial charge in [-0.1, -0.05) is 0 Å². The van der Waals surface area contributed by atoms with Crippen molar-refractivity contribution in [2.45, 2.75) is 92.1 Å². The fraction of sp³-hybridized carbons (Fsp3) is 1.00. The molecular formula is C18H32O16. The standard InChI is InChI=1S/C18H32O16/c19-1-4-7(21)9(23)13(27)17(32-4)30-3-6-8(22)10(24)14(28)18(33-6)34-15-5(2-20)31-16(29)12(26)11(15)25/h4-29H,1-3H2/t4?,5-,6?,7?,8?,9+,10+,11-,12-,13?,14-,15-,16?,17-,18-/m1/s1. The summed E-state index contributed by atoms with van der Waals surface area (Å²) in [7, 11) is 0. The quantitative estimate of drug-likeness (QED) is 0.154. The van der Waals surface area contributed by atoms with E-state index in [4.69, 9.17) is 23.7 Å². The molecule has 0 bridgehead atoms. The summed E-state index contributed by atoms with van der Waals surface area (Å²) in [5, 5.41) is 109. The zero-order chi connectivity index (χ0) is 25.3. The molecule has 3 aliphatic heterocycles. The molecule has 0 radical (unpaired) electrons. The molecule has 3 aliphatic rings. The number of hydrogen-bond donors (Lipinski definition) is 11. The van der Waals surface area contributed by atoms with E-state index in [0.717, 1.165) is 0 Å². The Morgan fingerprint density at radius 3 is 1.62 bits per heavy atom. The average Bonchev–Trinajstić information content (AvgIpc) is 2.82. The fourth-order valence-corrected chi connectivity index (χ4v) is 3.95. The molecule has 0 aromatic heterocycles. The lowest BCUT2D eigenvalue weighted by Gasteiger charge is -2.45. The second-order valence-corrected chi connectivity index (χ2v) is 8.37. The first kappa shape index (κ1) is 27.9. The first-order valence-electron chi connectivity index (χ1n) is 10.6. The zero-order valence-corrected chi connectivity index (χ0v) is 17.7. The van der Waals surface area contributed by atoms with Crippen molar-refractivity contribution < 1.29 is 79.9 Å². The second kappa shape index (κ2) is 11.6. The van der Waals surface area contributed by atoms with Crippen molar-refractivity contribution in [1.82, 2.24) is 0 Å². The molecule has 6 unspecified atom stereocenters. The van der Waals surface area contributed by atoms with Gasteiger partial charge in [0.15, 0.2) is 18.9 Å². The normalized spacial score (nSPS) is 52.5. The molecule has 0 saturated carbocycles. The van der Waals surface area contributed by atoms with Crippen LogP contribution in [0.5, 0.6) is 0 Å². The van der Waals surface area contributed by atoms with Crippen molar-refractivity contribution in [3.8, 4) is 0 Å². The summed E-state index contributed by atoms with van der Waals surface area (Å²) >= 11 is 0. The van der Waals surface area contributed by atoms with Crippen LogP contribution in [0.4, 0.5) is 0 Å². The van der Waals surface area contributed by atoms with Gasteiger partial charge in [0, 0.05) is 0 Å². The summed E-state index contributed by atoms with van der Waals surface area (Å²) in [5.41, 5.74) is 0. The second-order valence-electron chi connectivity index (χ2n) is 8.37. The van der Waals surface area contributed by atoms with Crippen LogP contribution in [0, 0.1) is 0 Å². The SMILES string of the molecule is OCC1O[C@@H](OCC2O[C@H](O[C@H]3[C@H](O)[C@@H](O)C(O)O[C@@H]3CO)[C@H](O)[C@@H](O)C2O)C(O)[C@@H](O)C1O. The van der Waals surface area contributed by atoms with Gasteiger partial charge in [-0.05, 0) is 0 Å². The zero-order valence-electron chi connectivity index (χ0n) is 17.7. The third-order valence-electron chi connectivity index (χ3n) is 6.07. The number of aliphatic hydroxyl groups is 11. The summed E-state index contributed by atoms with van der Waals surface area (Å²) in [5.74, 6) is 0. The highest BCUT2D eigenvalue weighted by atomic mass is 16.7. The van der Waals surface area contributed by atoms with E-state index in [-0.39, 0.29) is 0 Å². The van der Waals surface area contributed by atoms with Crippen LogP contribution in [-0.4, -0.2) is 168 Å². The van der Waals surface area contributed by atoms with E-state index >= 15 is 0 Å². The highest BCUT2D eigenvalue weighted by Crippen LogP contribution is 2.29. The molecule has 0 amide bonds. The molecule has 3 saturated heterocycles. The minimum absolute atomic E-state index is 0.609. The van der Waals surface area contributed by atoms with E-state index in [1.165, 1.54) is 0 Å². The molecule has 16 heteroatoms. The first-order valence-corrected chi connectivity index (χ1v) is 10.6. The Bertz CT molecular complexity index is 637. The lowest BCUT2D eigenvalue weighted by Crippen LogP contribution is -2.65. The maximum atomic E-state index is 10.3. The van der Waals surface area contributed by atoms with Crippen LogP contribution in [0.1, 0.15) is 0 Å². The lowest BCUT2D eigenvalue weighted by atomic mass is 9.97. The largest absolute Gasteiger partial charge is 0.394 e. The van der Waals surface area contributed by atoms with Gasteiger partial charge in [0.05, 0.1) is 19.8 Å². The van der Waals surface area contributed by atoms with Gasteiger partial charge in [0.2, 0.25) is 0 Å². The maximum Gasteiger partial charge on any atom is 0.187 e. The Kier molecular flexibility index (Phi) is 9.54. The highest BCUT2D eigenvalue weighted by Gasteiger charge is 2.51. The minimum atomic E-state index is -1.87. The van der Waals surface area contributed by atoms with Crippen LogP contribution >= 0.6 is 0 Å². The predicted molar refractivity (Wildman–Crippen MR) is 101 cm³/mol. The van der Waals surface area contributed by atoms with Gasteiger partial charge in [-0.3, -0.25) is 0 Å². The molecular weight excluding hydrogens is 472 g/mol. The molecule has 15 atom stereocenters. The third kappa shape index (κ3) is 5.52. The number of aliphatic hydroxyl groups excluding tert-OH is 11. The average molecular weight is 504 g/mol. The molecule has 200 valence electrons. The molecule has 3 heterocycles. The third-order valence-corrected chi connectivity index (χ3v) is 6.07. The Labute approximate surface area is 192 Å². The van der Waals surface area contributed by atoms with E-state index in [0.29, 0.717) is 0 Å². The predicted octanol–water partition coefficient (Wildman–Crippen LogP) is -7.57. The summed E-state index contributed by atoms with van der Waals surface area (Å²) < 4.78 is 26.3. The smallest absolute Gasteiger partial charge is 0.187 e. The van der Waals surface area contributed by atoms with E-state index < -0.39 is 112 Å². The van der Waals surface area contributed by atoms with Crippen molar-refractivity contribution >= 4 is 0 Å². The Balaban J connectivity index is 1.66. The number of hydrogen-bond acceptors (Lipinski definition) is 16. The monoisotopic (exact) mass is 504 g/mol. The Hall–Kier alpha value is -0.640. The molecule has 3 fully saturated rings. The first-order chi connectivity index (χ1) is 16.0. The van der Waals surface area contributed by atoms with Gasteiger partial charge >= 0.3 is 0 Å². The molecule has 34 heavy (non-hydrogen) atoms. The lowest BCUT2D eigenvalue weighted by molar-refractivity contribution is -0.362. The summed E-state index contributed by atoms with van der Waals surface area (Å²) in [6, 6.07) is 0. The van der Waals surface area contributed by atoms with Gasteiger partial charge in [-0.15, -0.1) is 0 Å². The van der Waals surface area contributed by atoms with Gasteiger partial charge in [0.1, 0.15) is 73.2 Å². The van der Waals surface area contributed by atoms with Gasteiger partial charge < -0.3 is 79.9 Å². The molecule has 0 aromatic carbocycles. The molecule has 16 nitrogen and oxygen atoms in total.